The fraction of sp³-hybridized carbons (Fsp3) is 1.00. The van der Waals surface area contributed by atoms with Gasteiger partial charge in [0.2, 0.25) is 0 Å². The van der Waals surface area contributed by atoms with Crippen molar-refractivity contribution in [3.05, 3.63) is 0 Å². The normalized spacial score (nSPS) is 22.1. The second-order valence-electron chi connectivity index (χ2n) is 1.49. The molecule has 0 aliphatic carbocycles. The van der Waals surface area contributed by atoms with Crippen molar-refractivity contribution < 1.29 is 4.74 Å². The maximum absolute atomic E-state index is 5.33. The summed E-state index contributed by atoms with van der Waals surface area (Å²) in [6.07, 6.45) is 0. The molecule has 1 aliphatic heterocycles. The summed E-state index contributed by atoms with van der Waals surface area (Å²) >= 11 is 3.82. The Morgan fingerprint density at radius 1 is 1.50 bits per heavy atom. The molecule has 3 heteroatoms. The monoisotopic (exact) mass is 150 g/mol. The number of ether oxygens (including phenoxy) is 1. The standard InChI is InChI=1S/C5H10OS2/c1-2-6-5-7-3-4-8-5/h5H,2-4H2,1H3. The Kier molecular flexibility index (Phi) is 3.08. The van der Waals surface area contributed by atoms with E-state index in [0.717, 1.165) is 6.61 Å². The van der Waals surface area contributed by atoms with Crippen molar-refractivity contribution in [3.8, 4) is 0 Å². The smallest absolute Gasteiger partial charge is 0.149 e. The lowest BCUT2D eigenvalue weighted by Crippen LogP contribution is -1.97. The molecular weight excluding hydrogens is 140 g/mol. The average molecular weight is 150 g/mol. The topological polar surface area (TPSA) is 9.23 Å². The molecule has 0 saturated carbocycles. The summed E-state index contributed by atoms with van der Waals surface area (Å²) < 4.78 is 5.77. The van der Waals surface area contributed by atoms with Crippen molar-refractivity contribution in [2.24, 2.45) is 0 Å². The van der Waals surface area contributed by atoms with E-state index >= 15 is 0 Å². The molecule has 48 valence electrons. The Hall–Kier alpha value is 0.660. The molecule has 1 rings (SSSR count). The van der Waals surface area contributed by atoms with Gasteiger partial charge in [-0.1, -0.05) is 0 Å². The van der Waals surface area contributed by atoms with E-state index in [1.54, 1.807) is 0 Å². The highest BCUT2D eigenvalue weighted by atomic mass is 32.2. The molecule has 1 saturated heterocycles. The van der Waals surface area contributed by atoms with Crippen molar-refractivity contribution in [1.29, 1.82) is 0 Å². The zero-order chi connectivity index (χ0) is 5.82. The Balaban J connectivity index is 2.06. The van der Waals surface area contributed by atoms with Crippen LogP contribution in [0.1, 0.15) is 6.92 Å². The van der Waals surface area contributed by atoms with E-state index < -0.39 is 0 Å². The van der Waals surface area contributed by atoms with Crippen LogP contribution < -0.4 is 0 Å². The summed E-state index contributed by atoms with van der Waals surface area (Å²) in [6.45, 7) is 2.89. The Bertz CT molecular complexity index is 61.4. The third kappa shape index (κ3) is 1.88. The molecule has 1 fully saturated rings. The molecule has 0 spiro atoms. The van der Waals surface area contributed by atoms with E-state index in [4.69, 9.17) is 4.74 Å². The summed E-state index contributed by atoms with van der Waals surface area (Å²) in [5.74, 6) is 2.52. The first-order valence-electron chi connectivity index (χ1n) is 2.78. The summed E-state index contributed by atoms with van der Waals surface area (Å²) in [5, 5.41) is 0. The highest BCUT2D eigenvalue weighted by Crippen LogP contribution is 2.32. The van der Waals surface area contributed by atoms with E-state index in [2.05, 4.69) is 0 Å². The molecular formula is C5H10OS2. The molecule has 0 unspecified atom stereocenters. The quantitative estimate of drug-likeness (QED) is 0.594. The molecule has 0 atom stereocenters. The van der Waals surface area contributed by atoms with Crippen molar-refractivity contribution >= 4 is 23.5 Å². The van der Waals surface area contributed by atoms with Crippen molar-refractivity contribution in [3.63, 3.8) is 0 Å². The summed E-state index contributed by atoms with van der Waals surface area (Å²) in [7, 11) is 0. The lowest BCUT2D eigenvalue weighted by Gasteiger charge is -2.04. The van der Waals surface area contributed by atoms with Crippen molar-refractivity contribution in [1.82, 2.24) is 0 Å². The highest BCUT2D eigenvalue weighted by Gasteiger charge is 2.14. The number of thioether (sulfide) groups is 2. The van der Waals surface area contributed by atoms with E-state index in [9.17, 15) is 0 Å². The van der Waals surface area contributed by atoms with Gasteiger partial charge in [0.05, 0.1) is 0 Å². The van der Waals surface area contributed by atoms with Gasteiger partial charge in [0, 0.05) is 18.1 Å². The molecule has 1 aliphatic rings. The summed E-state index contributed by atoms with van der Waals surface area (Å²) in [6, 6.07) is 0. The van der Waals surface area contributed by atoms with Gasteiger partial charge in [-0.2, -0.15) is 0 Å². The number of hydrogen-bond acceptors (Lipinski definition) is 3. The molecule has 0 aromatic rings. The minimum atomic E-state index is 0.444. The maximum Gasteiger partial charge on any atom is 0.149 e. The number of rotatable bonds is 2. The summed E-state index contributed by atoms with van der Waals surface area (Å²) in [4.78, 5) is 0. The van der Waals surface area contributed by atoms with E-state index in [0.29, 0.717) is 4.77 Å². The molecule has 0 aromatic carbocycles. The molecule has 0 bridgehead atoms. The van der Waals surface area contributed by atoms with E-state index in [1.807, 2.05) is 30.4 Å². The number of hydrogen-bond donors (Lipinski definition) is 0. The first-order valence-corrected chi connectivity index (χ1v) is 4.88. The van der Waals surface area contributed by atoms with Crippen molar-refractivity contribution in [2.75, 3.05) is 18.1 Å². The third-order valence-electron chi connectivity index (χ3n) is 0.894. The highest BCUT2D eigenvalue weighted by molar-refractivity contribution is 8.19. The average Bonchev–Trinajstić information content (AvgIpc) is 2.19. The minimum Gasteiger partial charge on any atom is -0.358 e. The van der Waals surface area contributed by atoms with Gasteiger partial charge >= 0.3 is 0 Å². The van der Waals surface area contributed by atoms with Gasteiger partial charge in [-0.3, -0.25) is 0 Å². The van der Waals surface area contributed by atoms with Gasteiger partial charge in [0.25, 0.3) is 0 Å². The zero-order valence-corrected chi connectivity index (χ0v) is 6.56. The largest absolute Gasteiger partial charge is 0.358 e. The van der Waals surface area contributed by atoms with Crippen LogP contribution in [0, 0.1) is 0 Å². The van der Waals surface area contributed by atoms with Crippen LogP contribution in [0.4, 0.5) is 0 Å². The molecule has 0 aromatic heterocycles. The van der Waals surface area contributed by atoms with Crippen LogP contribution in [0.3, 0.4) is 0 Å². The van der Waals surface area contributed by atoms with Gasteiger partial charge < -0.3 is 4.74 Å². The molecule has 0 radical (unpaired) electrons. The molecule has 0 amide bonds. The fourth-order valence-electron chi connectivity index (χ4n) is 0.569. The molecule has 1 heterocycles. The Morgan fingerprint density at radius 3 is 2.62 bits per heavy atom. The van der Waals surface area contributed by atoms with Gasteiger partial charge in [-0.25, -0.2) is 0 Å². The lowest BCUT2D eigenvalue weighted by atomic mass is 10.9. The molecule has 1 nitrogen and oxygen atoms in total. The zero-order valence-electron chi connectivity index (χ0n) is 4.92. The Labute approximate surface area is 58.6 Å². The summed E-state index contributed by atoms with van der Waals surface area (Å²) in [5.41, 5.74) is 0. The van der Waals surface area contributed by atoms with Crippen molar-refractivity contribution in [2.45, 2.75) is 11.7 Å². The van der Waals surface area contributed by atoms with Crippen LogP contribution in [0.15, 0.2) is 0 Å². The maximum atomic E-state index is 5.33. The second kappa shape index (κ2) is 3.64. The van der Waals surface area contributed by atoms with Gasteiger partial charge in [-0.15, -0.1) is 23.5 Å². The van der Waals surface area contributed by atoms with Crippen LogP contribution in [0.25, 0.3) is 0 Å². The first-order chi connectivity index (χ1) is 3.93. The van der Waals surface area contributed by atoms with Crippen LogP contribution in [-0.2, 0) is 4.74 Å². The SMILES string of the molecule is CCOC1SCCS1. The second-order valence-corrected chi connectivity index (χ2v) is 4.12. The van der Waals surface area contributed by atoms with Gasteiger partial charge in [-0.05, 0) is 6.92 Å². The van der Waals surface area contributed by atoms with Crippen LogP contribution in [0.2, 0.25) is 0 Å². The van der Waals surface area contributed by atoms with Crippen LogP contribution in [-0.4, -0.2) is 22.9 Å². The first kappa shape index (κ1) is 6.78. The van der Waals surface area contributed by atoms with Gasteiger partial charge in [0.15, 0.2) is 0 Å². The molecule has 0 N–H and O–H groups in total. The minimum absolute atomic E-state index is 0.444. The third-order valence-corrected chi connectivity index (χ3v) is 3.67. The lowest BCUT2D eigenvalue weighted by molar-refractivity contribution is 0.179. The predicted molar refractivity (Wildman–Crippen MR) is 40.3 cm³/mol. The van der Waals surface area contributed by atoms with E-state index in [-0.39, 0.29) is 0 Å². The van der Waals surface area contributed by atoms with Gasteiger partial charge in [0.1, 0.15) is 4.77 Å². The fourth-order valence-corrected chi connectivity index (χ4v) is 3.15. The van der Waals surface area contributed by atoms with Crippen LogP contribution >= 0.6 is 23.5 Å². The van der Waals surface area contributed by atoms with Crippen LogP contribution in [0.5, 0.6) is 0 Å². The Morgan fingerprint density at radius 2 is 2.12 bits per heavy atom. The molecule has 8 heavy (non-hydrogen) atoms. The predicted octanol–water partition coefficient (Wildman–Crippen LogP) is 1.79. The van der Waals surface area contributed by atoms with E-state index in [1.165, 1.54) is 11.5 Å².